The molecule has 1 aromatic carbocycles. The number of hydrogen-bond donors (Lipinski definition) is 2. The van der Waals surface area contributed by atoms with E-state index in [-0.39, 0.29) is 23.3 Å². The van der Waals surface area contributed by atoms with Gasteiger partial charge in [-0.15, -0.1) is 0 Å². The molecule has 1 unspecified atom stereocenters. The van der Waals surface area contributed by atoms with Gasteiger partial charge >= 0.3 is 0 Å². The van der Waals surface area contributed by atoms with Crippen LogP contribution in [0.5, 0.6) is 0 Å². The molecule has 0 radical (unpaired) electrons. The van der Waals surface area contributed by atoms with Crippen molar-refractivity contribution in [2.24, 2.45) is 0 Å². The first-order valence-corrected chi connectivity index (χ1v) is 8.86. The first-order chi connectivity index (χ1) is 12.0. The molecule has 0 saturated heterocycles. The lowest BCUT2D eigenvalue weighted by Crippen LogP contribution is -2.29. The Morgan fingerprint density at radius 3 is 2.88 bits per heavy atom. The van der Waals surface area contributed by atoms with E-state index in [0.717, 1.165) is 11.3 Å². The predicted octanol–water partition coefficient (Wildman–Crippen LogP) is 2.60. The summed E-state index contributed by atoms with van der Waals surface area (Å²) in [6, 6.07) is 10.8. The maximum absolute atomic E-state index is 12.2. The van der Waals surface area contributed by atoms with Crippen LogP contribution in [0.2, 0.25) is 0 Å². The number of rotatable bonds is 5. The maximum atomic E-state index is 12.2. The van der Waals surface area contributed by atoms with E-state index in [9.17, 15) is 9.59 Å². The van der Waals surface area contributed by atoms with Crippen molar-refractivity contribution in [3.8, 4) is 0 Å². The number of aryl methyl sites for hydroxylation is 1. The van der Waals surface area contributed by atoms with Crippen molar-refractivity contribution >= 4 is 28.6 Å². The van der Waals surface area contributed by atoms with Gasteiger partial charge in [0.1, 0.15) is 0 Å². The number of para-hydroxylation sites is 1. The van der Waals surface area contributed by atoms with Gasteiger partial charge in [0, 0.05) is 6.20 Å². The Morgan fingerprint density at radius 1 is 1.28 bits per heavy atom. The SMILES string of the molecule is Cc1cccnc1C(C)NC(=O)CSc1nc2ccccc2c(=O)[nH]1. The van der Waals surface area contributed by atoms with Gasteiger partial charge in [-0.05, 0) is 37.6 Å². The van der Waals surface area contributed by atoms with Gasteiger partial charge in [0.2, 0.25) is 5.91 Å². The average Bonchev–Trinajstić information content (AvgIpc) is 2.60. The second kappa shape index (κ2) is 7.48. The van der Waals surface area contributed by atoms with Crippen LogP contribution in [0.15, 0.2) is 52.5 Å². The van der Waals surface area contributed by atoms with Crippen LogP contribution in [0.4, 0.5) is 0 Å². The number of nitrogens with one attached hydrogen (secondary N) is 2. The largest absolute Gasteiger partial charge is 0.347 e. The van der Waals surface area contributed by atoms with Crippen molar-refractivity contribution in [3.63, 3.8) is 0 Å². The lowest BCUT2D eigenvalue weighted by molar-refractivity contribution is -0.119. The van der Waals surface area contributed by atoms with E-state index >= 15 is 0 Å². The molecule has 128 valence electrons. The number of hydrogen-bond acceptors (Lipinski definition) is 5. The van der Waals surface area contributed by atoms with Crippen LogP contribution in [0.3, 0.4) is 0 Å². The Kier molecular flexibility index (Phi) is 5.14. The number of H-pyrrole nitrogens is 1. The molecule has 0 aliphatic heterocycles. The highest BCUT2D eigenvalue weighted by atomic mass is 32.2. The van der Waals surface area contributed by atoms with Crippen molar-refractivity contribution in [3.05, 3.63) is 64.2 Å². The molecule has 2 N–H and O–H groups in total. The summed E-state index contributed by atoms with van der Waals surface area (Å²) in [5, 5.41) is 3.89. The van der Waals surface area contributed by atoms with Gasteiger partial charge in [-0.2, -0.15) is 0 Å². The summed E-state index contributed by atoms with van der Waals surface area (Å²) in [5.74, 6) is 0.0238. The second-order valence-corrected chi connectivity index (χ2v) is 6.64. The molecule has 0 fully saturated rings. The lowest BCUT2D eigenvalue weighted by Gasteiger charge is -2.15. The Labute approximate surface area is 149 Å². The molecule has 1 amide bonds. The quantitative estimate of drug-likeness (QED) is 0.543. The first-order valence-electron chi connectivity index (χ1n) is 7.87. The number of carbonyl (C=O) groups is 1. The molecule has 3 aromatic rings. The molecule has 0 aliphatic carbocycles. The highest BCUT2D eigenvalue weighted by molar-refractivity contribution is 7.99. The van der Waals surface area contributed by atoms with Gasteiger partial charge < -0.3 is 10.3 Å². The van der Waals surface area contributed by atoms with Crippen LogP contribution in [-0.4, -0.2) is 26.6 Å². The fraction of sp³-hybridized carbons (Fsp3) is 0.222. The van der Waals surface area contributed by atoms with Crippen molar-refractivity contribution in [1.29, 1.82) is 0 Å². The minimum Gasteiger partial charge on any atom is -0.347 e. The third-order valence-electron chi connectivity index (χ3n) is 3.77. The molecule has 2 heterocycles. The minimum absolute atomic E-state index is 0.140. The third kappa shape index (κ3) is 4.06. The third-order valence-corrected chi connectivity index (χ3v) is 4.64. The lowest BCUT2D eigenvalue weighted by atomic mass is 10.1. The maximum Gasteiger partial charge on any atom is 0.259 e. The molecule has 1 atom stereocenters. The number of nitrogens with zero attached hydrogens (tertiary/aromatic N) is 2. The molecule has 0 spiro atoms. The van der Waals surface area contributed by atoms with Crippen LogP contribution < -0.4 is 10.9 Å². The van der Waals surface area contributed by atoms with Crippen molar-refractivity contribution < 1.29 is 4.79 Å². The van der Waals surface area contributed by atoms with Gasteiger partial charge in [-0.25, -0.2) is 4.98 Å². The Hall–Kier alpha value is -2.67. The summed E-state index contributed by atoms with van der Waals surface area (Å²) in [5.41, 5.74) is 2.29. The number of amides is 1. The zero-order chi connectivity index (χ0) is 17.8. The van der Waals surface area contributed by atoms with Crippen LogP contribution in [0.25, 0.3) is 10.9 Å². The molecule has 2 aromatic heterocycles. The van der Waals surface area contributed by atoms with Gasteiger partial charge in [0.05, 0.1) is 28.4 Å². The smallest absolute Gasteiger partial charge is 0.259 e. The topological polar surface area (TPSA) is 87.7 Å². The Bertz CT molecular complexity index is 970. The number of pyridine rings is 1. The fourth-order valence-corrected chi connectivity index (χ4v) is 3.25. The Balaban J connectivity index is 1.65. The highest BCUT2D eigenvalue weighted by Crippen LogP contribution is 2.16. The summed E-state index contributed by atoms with van der Waals surface area (Å²) in [6.45, 7) is 3.86. The zero-order valence-electron chi connectivity index (χ0n) is 13.9. The number of aromatic nitrogens is 3. The van der Waals surface area contributed by atoms with E-state index in [0.29, 0.717) is 16.1 Å². The summed E-state index contributed by atoms with van der Waals surface area (Å²) in [6.07, 6.45) is 1.71. The van der Waals surface area contributed by atoms with E-state index < -0.39 is 0 Å². The second-order valence-electron chi connectivity index (χ2n) is 5.67. The van der Waals surface area contributed by atoms with Gasteiger partial charge in [0.25, 0.3) is 5.56 Å². The van der Waals surface area contributed by atoms with Crippen molar-refractivity contribution in [1.82, 2.24) is 20.3 Å². The first kappa shape index (κ1) is 17.2. The summed E-state index contributed by atoms with van der Waals surface area (Å²) in [4.78, 5) is 35.6. The van der Waals surface area contributed by atoms with Crippen molar-refractivity contribution in [2.45, 2.75) is 25.0 Å². The number of thioether (sulfide) groups is 1. The molecular weight excluding hydrogens is 336 g/mol. The summed E-state index contributed by atoms with van der Waals surface area (Å²) >= 11 is 1.20. The summed E-state index contributed by atoms with van der Waals surface area (Å²) in [7, 11) is 0. The summed E-state index contributed by atoms with van der Waals surface area (Å²) < 4.78 is 0. The normalized spacial score (nSPS) is 12.1. The number of carbonyl (C=O) groups excluding carboxylic acids is 1. The van der Waals surface area contributed by atoms with E-state index in [1.165, 1.54) is 11.8 Å². The Morgan fingerprint density at radius 2 is 2.08 bits per heavy atom. The zero-order valence-corrected chi connectivity index (χ0v) is 14.8. The average molecular weight is 354 g/mol. The van der Waals surface area contributed by atoms with E-state index in [1.54, 1.807) is 24.4 Å². The van der Waals surface area contributed by atoms with E-state index in [2.05, 4.69) is 20.3 Å². The minimum atomic E-state index is -0.203. The van der Waals surface area contributed by atoms with Gasteiger partial charge in [0.15, 0.2) is 5.16 Å². The number of fused-ring (bicyclic) bond motifs is 1. The van der Waals surface area contributed by atoms with Crippen molar-refractivity contribution in [2.75, 3.05) is 5.75 Å². The predicted molar refractivity (Wildman–Crippen MR) is 98.6 cm³/mol. The monoisotopic (exact) mass is 354 g/mol. The fourth-order valence-electron chi connectivity index (χ4n) is 2.57. The van der Waals surface area contributed by atoms with Crippen LogP contribution in [-0.2, 0) is 4.79 Å². The van der Waals surface area contributed by atoms with Gasteiger partial charge in [-0.3, -0.25) is 14.6 Å². The van der Waals surface area contributed by atoms with Crippen LogP contribution in [0.1, 0.15) is 24.2 Å². The van der Waals surface area contributed by atoms with Crippen LogP contribution in [0, 0.1) is 6.92 Å². The highest BCUT2D eigenvalue weighted by Gasteiger charge is 2.13. The molecule has 25 heavy (non-hydrogen) atoms. The molecule has 0 bridgehead atoms. The number of aromatic amines is 1. The molecule has 7 heteroatoms. The van der Waals surface area contributed by atoms with E-state index in [4.69, 9.17) is 0 Å². The standard InChI is InChI=1S/C18H18N4O2S/c1-11-6-5-9-19-16(11)12(2)20-15(23)10-25-18-21-14-8-4-3-7-13(14)17(24)22-18/h3-9,12H,10H2,1-2H3,(H,20,23)(H,21,22,24). The molecule has 6 nitrogen and oxygen atoms in total. The van der Waals surface area contributed by atoms with E-state index in [1.807, 2.05) is 32.0 Å². The van der Waals surface area contributed by atoms with Gasteiger partial charge in [-0.1, -0.05) is 30.0 Å². The number of benzene rings is 1. The molecular formula is C18H18N4O2S. The molecule has 0 aliphatic rings. The molecule has 0 saturated carbocycles. The molecule has 3 rings (SSSR count). The van der Waals surface area contributed by atoms with Crippen LogP contribution >= 0.6 is 11.8 Å².